The molecule has 1 aliphatic rings. The van der Waals surface area contributed by atoms with Crippen LogP contribution in [0.4, 0.5) is 0 Å². The van der Waals surface area contributed by atoms with Crippen molar-refractivity contribution in [3.05, 3.63) is 132 Å². The molecule has 0 radical (unpaired) electrons. The molecule has 1 N–H and O–H groups in total. The Morgan fingerprint density at radius 2 is 1.18 bits per heavy atom. The maximum absolute atomic E-state index is 13.9. The zero-order valence-corrected chi connectivity index (χ0v) is 23.3. The Kier molecular flexibility index (Phi) is 11.1. The number of likely N-dealkylation sites (tertiary alicyclic amines) is 1. The van der Waals surface area contributed by atoms with E-state index in [1.165, 1.54) is 0 Å². The van der Waals surface area contributed by atoms with Gasteiger partial charge in [0, 0.05) is 5.56 Å². The van der Waals surface area contributed by atoms with E-state index in [-0.39, 0.29) is 17.9 Å². The zero-order chi connectivity index (χ0) is 28.2. The number of carboxylic acids is 1. The molecule has 0 aliphatic carbocycles. The Morgan fingerprint density at radius 1 is 0.692 bits per heavy atom. The van der Waals surface area contributed by atoms with Crippen molar-refractivity contribution in [3.8, 4) is 11.1 Å². The summed E-state index contributed by atoms with van der Waals surface area (Å²) in [6.07, 6.45) is 1.12. The molecule has 1 amide bonds. The minimum absolute atomic E-state index is 0.00607. The van der Waals surface area contributed by atoms with Gasteiger partial charge in [-0.2, -0.15) is 0 Å². The third-order valence-electron chi connectivity index (χ3n) is 6.85. The highest BCUT2D eigenvalue weighted by Crippen LogP contribution is 2.43. The zero-order valence-electron chi connectivity index (χ0n) is 23.3. The highest BCUT2D eigenvalue weighted by atomic mass is 16.4. The van der Waals surface area contributed by atoms with Crippen LogP contribution in [0, 0.1) is 5.92 Å². The van der Waals surface area contributed by atoms with E-state index >= 15 is 0 Å². The summed E-state index contributed by atoms with van der Waals surface area (Å²) in [7, 11) is 0. The van der Waals surface area contributed by atoms with Crippen molar-refractivity contribution in [3.63, 3.8) is 0 Å². The van der Waals surface area contributed by atoms with E-state index in [1.54, 1.807) is 17.0 Å². The Bertz CT molecular complexity index is 1290. The van der Waals surface area contributed by atoms with Gasteiger partial charge >= 0.3 is 5.97 Å². The first-order valence-electron chi connectivity index (χ1n) is 13.9. The molecule has 3 atom stereocenters. The standard InChI is InChI=1S/C31H27NO3.2C2H6/c33-30(26-18-16-24(17-19-26)23-12-6-2-7-13-23)32-28(31(34)35)21-27(20-22-10-4-1-5-11-22)29(32)25-14-8-3-9-15-25;2*1-2/h1-19,27-29H,20-21H2,(H,34,35);2*1-2H3. The lowest BCUT2D eigenvalue weighted by Gasteiger charge is -2.31. The summed E-state index contributed by atoms with van der Waals surface area (Å²) in [5.74, 6) is -1.22. The summed E-state index contributed by atoms with van der Waals surface area (Å²) >= 11 is 0. The highest BCUT2D eigenvalue weighted by molar-refractivity contribution is 5.97. The van der Waals surface area contributed by atoms with E-state index in [1.807, 2.05) is 119 Å². The molecule has 1 saturated heterocycles. The minimum Gasteiger partial charge on any atom is -0.480 e. The van der Waals surface area contributed by atoms with Gasteiger partial charge in [-0.15, -0.1) is 0 Å². The molecule has 4 nitrogen and oxygen atoms in total. The van der Waals surface area contributed by atoms with Crippen molar-refractivity contribution < 1.29 is 14.7 Å². The van der Waals surface area contributed by atoms with Crippen molar-refractivity contribution >= 4 is 11.9 Å². The predicted octanol–water partition coefficient (Wildman–Crippen LogP) is 8.31. The fraction of sp³-hybridized carbons (Fsp3) is 0.257. The molecule has 0 bridgehead atoms. The summed E-state index contributed by atoms with van der Waals surface area (Å²) in [5.41, 5.74) is 4.69. The van der Waals surface area contributed by atoms with Crippen LogP contribution >= 0.6 is 0 Å². The van der Waals surface area contributed by atoms with Gasteiger partial charge in [0.05, 0.1) is 6.04 Å². The van der Waals surface area contributed by atoms with E-state index in [0.29, 0.717) is 18.4 Å². The van der Waals surface area contributed by atoms with Crippen LogP contribution in [0.5, 0.6) is 0 Å². The molecule has 3 unspecified atom stereocenters. The van der Waals surface area contributed by atoms with E-state index < -0.39 is 12.0 Å². The SMILES string of the molecule is CC.CC.O=C(O)C1CC(Cc2ccccc2)C(c2ccccc2)N1C(=O)c1ccc(-c2ccccc2)cc1. The van der Waals surface area contributed by atoms with Crippen LogP contribution in [-0.2, 0) is 11.2 Å². The number of aliphatic carboxylic acids is 1. The lowest BCUT2D eigenvalue weighted by molar-refractivity contribution is -0.141. The smallest absolute Gasteiger partial charge is 0.326 e. The molecular formula is C35H39NO3. The van der Waals surface area contributed by atoms with Gasteiger partial charge < -0.3 is 10.0 Å². The minimum atomic E-state index is -0.962. The van der Waals surface area contributed by atoms with E-state index in [2.05, 4.69) is 12.1 Å². The molecule has 4 heteroatoms. The topological polar surface area (TPSA) is 57.6 Å². The fourth-order valence-electron chi connectivity index (χ4n) is 5.22. The van der Waals surface area contributed by atoms with E-state index in [4.69, 9.17) is 0 Å². The van der Waals surface area contributed by atoms with Gasteiger partial charge in [-0.3, -0.25) is 4.79 Å². The van der Waals surface area contributed by atoms with Gasteiger partial charge in [0.1, 0.15) is 6.04 Å². The average Bonchev–Trinajstić information content (AvgIpc) is 3.39. The van der Waals surface area contributed by atoms with Crippen molar-refractivity contribution in [1.82, 2.24) is 4.90 Å². The first-order valence-corrected chi connectivity index (χ1v) is 13.9. The van der Waals surface area contributed by atoms with Gasteiger partial charge in [-0.05, 0) is 53.1 Å². The summed E-state index contributed by atoms with van der Waals surface area (Å²) in [6.45, 7) is 8.00. The number of carbonyl (C=O) groups excluding carboxylic acids is 1. The highest BCUT2D eigenvalue weighted by Gasteiger charge is 2.47. The largest absolute Gasteiger partial charge is 0.480 e. The summed E-state index contributed by atoms with van der Waals surface area (Å²) in [5, 5.41) is 10.1. The monoisotopic (exact) mass is 521 g/mol. The summed E-state index contributed by atoms with van der Waals surface area (Å²) in [4.78, 5) is 27.8. The number of hydrogen-bond acceptors (Lipinski definition) is 2. The normalized spacial score (nSPS) is 17.7. The Labute approximate surface area is 232 Å². The van der Waals surface area contributed by atoms with Crippen molar-refractivity contribution in [2.75, 3.05) is 0 Å². The number of carboxylic acid groups (broad SMARTS) is 1. The van der Waals surface area contributed by atoms with Gasteiger partial charge in [-0.1, -0.05) is 131 Å². The molecule has 0 aromatic heterocycles. The maximum Gasteiger partial charge on any atom is 0.326 e. The Hall–Kier alpha value is -4.18. The Morgan fingerprint density at radius 3 is 1.72 bits per heavy atom. The number of rotatable bonds is 6. The third kappa shape index (κ3) is 7.02. The quantitative estimate of drug-likeness (QED) is 0.278. The maximum atomic E-state index is 13.9. The fourth-order valence-corrected chi connectivity index (χ4v) is 5.22. The molecule has 1 fully saturated rings. The number of carbonyl (C=O) groups is 2. The lowest BCUT2D eigenvalue weighted by atomic mass is 9.87. The van der Waals surface area contributed by atoms with Crippen molar-refractivity contribution in [2.45, 2.75) is 52.6 Å². The molecule has 0 spiro atoms. The average molecular weight is 522 g/mol. The first kappa shape index (κ1) is 29.4. The van der Waals surface area contributed by atoms with Crippen LogP contribution in [0.1, 0.15) is 61.6 Å². The number of nitrogens with zero attached hydrogens (tertiary/aromatic N) is 1. The molecule has 1 aliphatic heterocycles. The molecule has 5 rings (SSSR count). The van der Waals surface area contributed by atoms with Crippen LogP contribution in [0.15, 0.2) is 115 Å². The molecule has 4 aromatic rings. The molecule has 39 heavy (non-hydrogen) atoms. The molecule has 0 saturated carbocycles. The summed E-state index contributed by atoms with van der Waals surface area (Å²) < 4.78 is 0. The van der Waals surface area contributed by atoms with E-state index in [0.717, 1.165) is 22.3 Å². The van der Waals surface area contributed by atoms with Crippen LogP contribution < -0.4 is 0 Å². The first-order chi connectivity index (χ1) is 19.1. The second kappa shape index (κ2) is 14.7. The van der Waals surface area contributed by atoms with Crippen molar-refractivity contribution in [1.29, 1.82) is 0 Å². The lowest BCUT2D eigenvalue weighted by Crippen LogP contribution is -2.42. The molecule has 4 aromatic carbocycles. The second-order valence-electron chi connectivity index (χ2n) is 9.05. The van der Waals surface area contributed by atoms with E-state index in [9.17, 15) is 14.7 Å². The second-order valence-corrected chi connectivity index (χ2v) is 9.05. The Balaban J connectivity index is 0.00000100. The molecule has 1 heterocycles. The number of amides is 1. The number of benzene rings is 4. The molecule has 202 valence electrons. The molecular weight excluding hydrogens is 482 g/mol. The van der Waals surface area contributed by atoms with Crippen LogP contribution in [0.2, 0.25) is 0 Å². The van der Waals surface area contributed by atoms with Crippen LogP contribution in [0.3, 0.4) is 0 Å². The number of hydrogen-bond donors (Lipinski definition) is 1. The third-order valence-corrected chi connectivity index (χ3v) is 6.85. The van der Waals surface area contributed by atoms with Crippen molar-refractivity contribution in [2.24, 2.45) is 5.92 Å². The summed E-state index contributed by atoms with van der Waals surface area (Å²) in [6, 6.07) is 36.1. The van der Waals surface area contributed by atoms with Crippen LogP contribution in [-0.4, -0.2) is 27.9 Å². The van der Waals surface area contributed by atoms with Gasteiger partial charge in [0.2, 0.25) is 0 Å². The predicted molar refractivity (Wildman–Crippen MR) is 160 cm³/mol. The van der Waals surface area contributed by atoms with Gasteiger partial charge in [0.25, 0.3) is 5.91 Å². The van der Waals surface area contributed by atoms with Gasteiger partial charge in [-0.25, -0.2) is 4.79 Å². The van der Waals surface area contributed by atoms with Gasteiger partial charge in [0.15, 0.2) is 0 Å². The van der Waals surface area contributed by atoms with Crippen LogP contribution in [0.25, 0.3) is 11.1 Å².